The van der Waals surface area contributed by atoms with Crippen LogP contribution in [0.15, 0.2) is 65.5 Å². The monoisotopic (exact) mass is 406 g/mol. The standard InChI is InChI=1S/C22H19FN4O3/c23-17-7-5-15(6-8-17)13-24-20(28)14-27-21(29)10-9-18(25-27)22(30)26-12-11-16-3-1-2-4-19(16)26/h1-10H,11-14H2,(H,24,28). The van der Waals surface area contributed by atoms with Crippen LogP contribution in [0.3, 0.4) is 0 Å². The van der Waals surface area contributed by atoms with Crippen LogP contribution in [0.4, 0.5) is 10.1 Å². The number of para-hydroxylation sites is 1. The third-order valence-electron chi connectivity index (χ3n) is 4.91. The van der Waals surface area contributed by atoms with Gasteiger partial charge in [0.25, 0.3) is 11.5 Å². The number of carbonyl (C=O) groups is 2. The molecule has 1 N–H and O–H groups in total. The molecule has 8 heteroatoms. The van der Waals surface area contributed by atoms with Crippen LogP contribution in [0.25, 0.3) is 0 Å². The second kappa shape index (κ2) is 8.28. The zero-order valence-electron chi connectivity index (χ0n) is 16.0. The molecule has 0 unspecified atom stereocenters. The van der Waals surface area contributed by atoms with Gasteiger partial charge in [-0.15, -0.1) is 0 Å². The van der Waals surface area contributed by atoms with Gasteiger partial charge in [-0.05, 0) is 41.8 Å². The van der Waals surface area contributed by atoms with Crippen molar-refractivity contribution in [2.24, 2.45) is 0 Å². The SMILES string of the molecule is O=C(Cn1nc(C(=O)N2CCc3ccccc32)ccc1=O)NCc1ccc(F)cc1. The van der Waals surface area contributed by atoms with Gasteiger partial charge in [-0.3, -0.25) is 14.4 Å². The Bertz CT molecular complexity index is 1160. The lowest BCUT2D eigenvalue weighted by atomic mass is 10.2. The van der Waals surface area contributed by atoms with Gasteiger partial charge in [-0.1, -0.05) is 30.3 Å². The summed E-state index contributed by atoms with van der Waals surface area (Å²) in [5, 5.41) is 6.75. The predicted octanol–water partition coefficient (Wildman–Crippen LogP) is 1.90. The summed E-state index contributed by atoms with van der Waals surface area (Å²) in [5.41, 5.74) is 2.25. The number of rotatable bonds is 5. The molecule has 4 rings (SSSR count). The molecule has 30 heavy (non-hydrogen) atoms. The molecular formula is C22H19FN4O3. The van der Waals surface area contributed by atoms with E-state index in [2.05, 4.69) is 10.4 Å². The number of carbonyl (C=O) groups excluding carboxylic acids is 2. The molecule has 152 valence electrons. The minimum Gasteiger partial charge on any atom is -0.350 e. The Morgan fingerprint density at radius 3 is 2.60 bits per heavy atom. The van der Waals surface area contributed by atoms with Crippen molar-refractivity contribution in [2.75, 3.05) is 11.4 Å². The van der Waals surface area contributed by atoms with Crippen LogP contribution in [0.5, 0.6) is 0 Å². The number of amides is 2. The van der Waals surface area contributed by atoms with Gasteiger partial charge in [-0.25, -0.2) is 9.07 Å². The number of fused-ring (bicyclic) bond motifs is 1. The van der Waals surface area contributed by atoms with Gasteiger partial charge < -0.3 is 10.2 Å². The second-order valence-corrected chi connectivity index (χ2v) is 6.95. The molecule has 0 fully saturated rings. The average molecular weight is 406 g/mol. The first-order valence-corrected chi connectivity index (χ1v) is 9.50. The topological polar surface area (TPSA) is 84.3 Å². The van der Waals surface area contributed by atoms with Crippen molar-refractivity contribution in [1.29, 1.82) is 0 Å². The molecule has 1 aliphatic heterocycles. The molecule has 3 aromatic rings. The Labute approximate surface area is 171 Å². The normalized spacial score (nSPS) is 12.5. The van der Waals surface area contributed by atoms with Crippen molar-refractivity contribution in [3.8, 4) is 0 Å². The molecule has 7 nitrogen and oxygen atoms in total. The molecule has 0 bridgehead atoms. The fraction of sp³-hybridized carbons (Fsp3) is 0.182. The Balaban J connectivity index is 1.45. The molecule has 0 radical (unpaired) electrons. The van der Waals surface area contributed by atoms with Crippen LogP contribution in [0, 0.1) is 5.82 Å². The van der Waals surface area contributed by atoms with Crippen LogP contribution in [-0.4, -0.2) is 28.1 Å². The van der Waals surface area contributed by atoms with E-state index in [0.717, 1.165) is 27.9 Å². The highest BCUT2D eigenvalue weighted by Crippen LogP contribution is 2.28. The van der Waals surface area contributed by atoms with Gasteiger partial charge in [0.15, 0.2) is 0 Å². The van der Waals surface area contributed by atoms with E-state index in [4.69, 9.17) is 0 Å². The van der Waals surface area contributed by atoms with Crippen molar-refractivity contribution < 1.29 is 14.0 Å². The maximum Gasteiger partial charge on any atom is 0.278 e. The Morgan fingerprint density at radius 1 is 1.03 bits per heavy atom. The summed E-state index contributed by atoms with van der Waals surface area (Å²) < 4.78 is 13.9. The van der Waals surface area contributed by atoms with Crippen molar-refractivity contribution >= 4 is 17.5 Å². The number of benzene rings is 2. The number of halogens is 1. The number of hydrogen-bond donors (Lipinski definition) is 1. The van der Waals surface area contributed by atoms with Crippen molar-refractivity contribution in [2.45, 2.75) is 19.5 Å². The smallest absolute Gasteiger partial charge is 0.278 e. The quantitative estimate of drug-likeness (QED) is 0.702. The Morgan fingerprint density at radius 2 is 1.80 bits per heavy atom. The molecule has 2 aromatic carbocycles. The van der Waals surface area contributed by atoms with Crippen LogP contribution in [-0.2, 0) is 24.3 Å². The third kappa shape index (κ3) is 4.12. The predicted molar refractivity (Wildman–Crippen MR) is 109 cm³/mol. The van der Waals surface area contributed by atoms with Gasteiger partial charge in [-0.2, -0.15) is 5.10 Å². The summed E-state index contributed by atoms with van der Waals surface area (Å²) in [4.78, 5) is 38.9. The fourth-order valence-electron chi connectivity index (χ4n) is 3.36. The van der Waals surface area contributed by atoms with Gasteiger partial charge in [0, 0.05) is 24.8 Å². The van der Waals surface area contributed by atoms with Crippen molar-refractivity contribution in [3.05, 3.63) is 93.7 Å². The largest absolute Gasteiger partial charge is 0.350 e. The first kappa shape index (κ1) is 19.5. The minimum atomic E-state index is -0.481. The number of nitrogens with zero attached hydrogens (tertiary/aromatic N) is 3. The van der Waals surface area contributed by atoms with Gasteiger partial charge in [0.2, 0.25) is 5.91 Å². The molecule has 0 spiro atoms. The van der Waals surface area contributed by atoms with E-state index >= 15 is 0 Å². The molecule has 0 atom stereocenters. The highest BCUT2D eigenvalue weighted by atomic mass is 19.1. The lowest BCUT2D eigenvalue weighted by Crippen LogP contribution is -2.36. The van der Waals surface area contributed by atoms with Crippen LogP contribution >= 0.6 is 0 Å². The molecule has 0 aliphatic carbocycles. The van der Waals surface area contributed by atoms with Crippen LogP contribution in [0.1, 0.15) is 21.6 Å². The molecular weight excluding hydrogens is 387 g/mol. The number of nitrogens with one attached hydrogen (secondary N) is 1. The van der Waals surface area contributed by atoms with Crippen LogP contribution < -0.4 is 15.8 Å². The lowest BCUT2D eigenvalue weighted by Gasteiger charge is -2.17. The molecule has 1 aliphatic rings. The van der Waals surface area contributed by atoms with Crippen molar-refractivity contribution in [1.82, 2.24) is 15.1 Å². The highest BCUT2D eigenvalue weighted by Gasteiger charge is 2.26. The molecule has 0 saturated heterocycles. The summed E-state index contributed by atoms with van der Waals surface area (Å²) in [5.74, 6) is -1.12. The van der Waals surface area contributed by atoms with Gasteiger partial charge >= 0.3 is 0 Å². The molecule has 1 aromatic heterocycles. The van der Waals surface area contributed by atoms with E-state index in [9.17, 15) is 18.8 Å². The fourth-order valence-corrected chi connectivity index (χ4v) is 3.36. The summed E-state index contributed by atoms with van der Waals surface area (Å²) in [7, 11) is 0. The molecule has 2 heterocycles. The zero-order valence-corrected chi connectivity index (χ0v) is 16.0. The van der Waals surface area contributed by atoms with E-state index in [-0.39, 0.29) is 30.5 Å². The molecule has 2 amide bonds. The van der Waals surface area contributed by atoms with Gasteiger partial charge in [0.1, 0.15) is 18.1 Å². The van der Waals surface area contributed by atoms with Gasteiger partial charge in [0.05, 0.1) is 0 Å². The van der Waals surface area contributed by atoms with E-state index in [1.165, 1.54) is 24.3 Å². The third-order valence-corrected chi connectivity index (χ3v) is 4.91. The Hall–Kier alpha value is -3.81. The first-order valence-electron chi connectivity index (χ1n) is 9.50. The van der Waals surface area contributed by atoms with E-state index < -0.39 is 11.5 Å². The molecule has 0 saturated carbocycles. The van der Waals surface area contributed by atoms with E-state index in [1.807, 2.05) is 24.3 Å². The number of hydrogen-bond acceptors (Lipinski definition) is 4. The van der Waals surface area contributed by atoms with E-state index in [0.29, 0.717) is 6.54 Å². The zero-order chi connectivity index (χ0) is 21.1. The Kier molecular flexibility index (Phi) is 5.38. The maximum atomic E-state index is 12.9. The number of aromatic nitrogens is 2. The lowest BCUT2D eigenvalue weighted by molar-refractivity contribution is -0.122. The maximum absolute atomic E-state index is 12.9. The second-order valence-electron chi connectivity index (χ2n) is 6.95. The summed E-state index contributed by atoms with van der Waals surface area (Å²) in [6.45, 7) is 0.409. The first-order chi connectivity index (χ1) is 14.5. The summed E-state index contributed by atoms with van der Waals surface area (Å²) >= 11 is 0. The summed E-state index contributed by atoms with van der Waals surface area (Å²) in [6.07, 6.45) is 0.757. The van der Waals surface area contributed by atoms with Crippen LogP contribution in [0.2, 0.25) is 0 Å². The highest BCUT2D eigenvalue weighted by molar-refractivity contribution is 6.05. The van der Waals surface area contributed by atoms with Crippen molar-refractivity contribution in [3.63, 3.8) is 0 Å². The number of anilines is 1. The average Bonchev–Trinajstić information content (AvgIpc) is 3.18. The minimum absolute atomic E-state index is 0.0950. The summed E-state index contributed by atoms with van der Waals surface area (Å²) in [6, 6.07) is 16.0. The van der Waals surface area contributed by atoms with E-state index in [1.54, 1.807) is 17.0 Å².